The smallest absolute Gasteiger partial charge is 0.131 e. The van der Waals surface area contributed by atoms with Gasteiger partial charge in [0.15, 0.2) is 0 Å². The van der Waals surface area contributed by atoms with Crippen molar-refractivity contribution in [2.75, 3.05) is 11.4 Å². The molecule has 0 amide bonds. The monoisotopic (exact) mass is 358 g/mol. The van der Waals surface area contributed by atoms with Gasteiger partial charge >= 0.3 is 0 Å². The molecule has 3 heterocycles. The molecule has 4 nitrogen and oxygen atoms in total. The summed E-state index contributed by atoms with van der Waals surface area (Å²) >= 11 is 12.7. The van der Waals surface area contributed by atoms with Gasteiger partial charge in [0.1, 0.15) is 5.82 Å². The van der Waals surface area contributed by atoms with Crippen molar-refractivity contribution >= 4 is 39.9 Å². The Morgan fingerprint density at radius 3 is 2.75 bits per heavy atom. The molecule has 1 aromatic carbocycles. The van der Waals surface area contributed by atoms with Crippen molar-refractivity contribution in [1.82, 2.24) is 14.5 Å². The lowest BCUT2D eigenvalue weighted by atomic mass is 9.80. The Morgan fingerprint density at radius 1 is 1.12 bits per heavy atom. The third-order valence-electron chi connectivity index (χ3n) is 5.43. The zero-order valence-corrected chi connectivity index (χ0v) is 14.5. The van der Waals surface area contributed by atoms with Crippen LogP contribution in [-0.4, -0.2) is 27.1 Å². The highest BCUT2D eigenvalue weighted by molar-refractivity contribution is 6.45. The predicted octanol–water partition coefficient (Wildman–Crippen LogP) is 4.72. The Kier molecular flexibility index (Phi) is 3.25. The van der Waals surface area contributed by atoms with Gasteiger partial charge in [-0.3, -0.25) is 0 Å². The summed E-state index contributed by atoms with van der Waals surface area (Å²) in [6.45, 7) is 1.06. The molecule has 1 saturated heterocycles. The highest BCUT2D eigenvalue weighted by Gasteiger charge is 2.41. The molecule has 6 heteroatoms. The molecule has 2 fully saturated rings. The van der Waals surface area contributed by atoms with Crippen LogP contribution in [0.3, 0.4) is 0 Å². The second-order valence-corrected chi connectivity index (χ2v) is 7.40. The van der Waals surface area contributed by atoms with Gasteiger partial charge in [0, 0.05) is 36.4 Å². The molecule has 3 aromatic rings. The van der Waals surface area contributed by atoms with Crippen molar-refractivity contribution in [3.05, 3.63) is 47.0 Å². The van der Waals surface area contributed by atoms with Crippen LogP contribution in [0.1, 0.15) is 19.3 Å². The van der Waals surface area contributed by atoms with E-state index in [4.69, 9.17) is 28.2 Å². The molecule has 0 N–H and O–H groups in total. The summed E-state index contributed by atoms with van der Waals surface area (Å²) in [7, 11) is 0. The van der Waals surface area contributed by atoms with Gasteiger partial charge in [-0.25, -0.2) is 9.97 Å². The summed E-state index contributed by atoms with van der Waals surface area (Å²) in [5.74, 6) is 1.82. The minimum atomic E-state index is 0.515. The molecule has 1 aliphatic carbocycles. The van der Waals surface area contributed by atoms with Crippen LogP contribution < -0.4 is 4.90 Å². The summed E-state index contributed by atoms with van der Waals surface area (Å²) in [4.78, 5) is 11.5. The number of nitrogens with zero attached hydrogens (tertiary/aromatic N) is 4. The van der Waals surface area contributed by atoms with Crippen LogP contribution in [0.4, 0.5) is 5.82 Å². The van der Waals surface area contributed by atoms with E-state index in [1.165, 1.54) is 19.3 Å². The van der Waals surface area contributed by atoms with Crippen LogP contribution in [0.2, 0.25) is 10.0 Å². The molecule has 0 unspecified atom stereocenters. The molecule has 1 aliphatic heterocycles. The van der Waals surface area contributed by atoms with Crippen molar-refractivity contribution in [3.63, 3.8) is 0 Å². The summed E-state index contributed by atoms with van der Waals surface area (Å²) in [5, 5.41) is 2.03. The third kappa shape index (κ3) is 2.06. The van der Waals surface area contributed by atoms with Crippen LogP contribution in [0.25, 0.3) is 16.6 Å². The van der Waals surface area contributed by atoms with Crippen LogP contribution in [-0.2, 0) is 0 Å². The second kappa shape index (κ2) is 5.36. The normalized spacial score (nSPS) is 22.7. The van der Waals surface area contributed by atoms with Crippen LogP contribution in [0, 0.1) is 5.92 Å². The lowest BCUT2D eigenvalue weighted by Gasteiger charge is -2.36. The number of anilines is 1. The van der Waals surface area contributed by atoms with Gasteiger partial charge in [-0.2, -0.15) is 0 Å². The van der Waals surface area contributed by atoms with Gasteiger partial charge in [-0.1, -0.05) is 23.2 Å². The van der Waals surface area contributed by atoms with E-state index >= 15 is 0 Å². The average Bonchev–Trinajstić information content (AvgIpc) is 3.18. The van der Waals surface area contributed by atoms with Gasteiger partial charge < -0.3 is 9.47 Å². The lowest BCUT2D eigenvalue weighted by molar-refractivity contribution is 0.294. The minimum absolute atomic E-state index is 0.515. The molecule has 0 bridgehead atoms. The fourth-order valence-corrected chi connectivity index (χ4v) is 4.38. The number of imidazole rings is 1. The summed E-state index contributed by atoms with van der Waals surface area (Å²) in [6, 6.07) is 6.58. The highest BCUT2D eigenvalue weighted by atomic mass is 35.5. The number of hydrogen-bond acceptors (Lipinski definition) is 3. The Bertz CT molecular complexity index is 922. The number of hydrogen-bond donors (Lipinski definition) is 0. The standard InChI is InChI=1S/C18H16Cl2N4/c19-13-3-2-12-15(23-8-6-21-10-23)9-16(22-18(12)17(13)20)24-7-5-11-1-4-14(11)24/h2-3,6,8-11,14H,1,4-5,7H2/t11-,14-/m0/s1. The average molecular weight is 359 g/mol. The van der Waals surface area contributed by atoms with Crippen molar-refractivity contribution in [1.29, 1.82) is 0 Å². The maximum Gasteiger partial charge on any atom is 0.131 e. The van der Waals surface area contributed by atoms with E-state index < -0.39 is 0 Å². The van der Waals surface area contributed by atoms with Crippen molar-refractivity contribution < 1.29 is 0 Å². The Labute approximate surface area is 150 Å². The first kappa shape index (κ1) is 14.6. The predicted molar refractivity (Wildman–Crippen MR) is 97.4 cm³/mol. The largest absolute Gasteiger partial charge is 0.353 e. The number of benzene rings is 1. The Hall–Kier alpha value is -1.78. The van der Waals surface area contributed by atoms with Crippen LogP contribution in [0.15, 0.2) is 36.9 Å². The molecular weight excluding hydrogens is 343 g/mol. The first-order valence-corrected chi connectivity index (χ1v) is 9.01. The number of pyridine rings is 1. The SMILES string of the molecule is Clc1ccc2c(-n3ccnc3)cc(N3CC[C@@H]4CC[C@@H]43)nc2c1Cl. The first-order chi connectivity index (χ1) is 11.7. The number of halogens is 2. The summed E-state index contributed by atoms with van der Waals surface area (Å²) < 4.78 is 2.01. The van der Waals surface area contributed by atoms with Crippen molar-refractivity contribution in [2.45, 2.75) is 25.3 Å². The summed E-state index contributed by atoms with van der Waals surface area (Å²) in [5.41, 5.74) is 1.79. The molecular formula is C18H16Cl2N4. The molecule has 1 saturated carbocycles. The second-order valence-electron chi connectivity index (χ2n) is 6.61. The fraction of sp³-hybridized carbons (Fsp3) is 0.333. The molecule has 2 aromatic heterocycles. The van der Waals surface area contributed by atoms with E-state index in [0.29, 0.717) is 16.1 Å². The number of rotatable bonds is 2. The highest BCUT2D eigenvalue weighted by Crippen LogP contribution is 2.43. The summed E-state index contributed by atoms with van der Waals surface area (Å²) in [6.07, 6.45) is 9.38. The quantitative estimate of drug-likeness (QED) is 0.664. The molecule has 5 rings (SSSR count). The minimum Gasteiger partial charge on any atom is -0.353 e. The Balaban J connectivity index is 1.75. The number of fused-ring (bicyclic) bond motifs is 2. The van der Waals surface area contributed by atoms with Gasteiger partial charge in [0.25, 0.3) is 0 Å². The van der Waals surface area contributed by atoms with E-state index in [0.717, 1.165) is 34.9 Å². The molecule has 2 aliphatic rings. The van der Waals surface area contributed by atoms with E-state index in [-0.39, 0.29) is 0 Å². The molecule has 2 atom stereocenters. The number of aromatic nitrogens is 3. The van der Waals surface area contributed by atoms with E-state index in [9.17, 15) is 0 Å². The van der Waals surface area contributed by atoms with Crippen molar-refractivity contribution in [2.24, 2.45) is 5.92 Å². The third-order valence-corrected chi connectivity index (χ3v) is 6.23. The van der Waals surface area contributed by atoms with Gasteiger partial charge in [0.2, 0.25) is 0 Å². The van der Waals surface area contributed by atoms with Gasteiger partial charge in [-0.15, -0.1) is 0 Å². The van der Waals surface area contributed by atoms with E-state index in [2.05, 4.69) is 16.0 Å². The van der Waals surface area contributed by atoms with Gasteiger partial charge in [-0.05, 0) is 37.3 Å². The lowest BCUT2D eigenvalue weighted by Crippen LogP contribution is -2.39. The maximum atomic E-state index is 6.48. The molecule has 0 radical (unpaired) electrons. The molecule has 122 valence electrons. The van der Waals surface area contributed by atoms with Crippen LogP contribution in [0.5, 0.6) is 0 Å². The van der Waals surface area contributed by atoms with Gasteiger partial charge in [0.05, 0.1) is 27.6 Å². The zero-order valence-electron chi connectivity index (χ0n) is 13.0. The maximum absolute atomic E-state index is 6.48. The molecule has 0 spiro atoms. The Morgan fingerprint density at radius 2 is 2.04 bits per heavy atom. The topological polar surface area (TPSA) is 34.0 Å². The van der Waals surface area contributed by atoms with E-state index in [1.54, 1.807) is 12.5 Å². The first-order valence-electron chi connectivity index (χ1n) is 8.26. The fourth-order valence-electron chi connectivity index (χ4n) is 4.02. The van der Waals surface area contributed by atoms with E-state index in [1.807, 2.05) is 22.9 Å². The molecule has 24 heavy (non-hydrogen) atoms. The van der Waals surface area contributed by atoms with Crippen molar-refractivity contribution in [3.8, 4) is 5.69 Å². The zero-order chi connectivity index (χ0) is 16.3. The van der Waals surface area contributed by atoms with Crippen LogP contribution >= 0.6 is 23.2 Å².